The molecule has 1 unspecified atom stereocenters. The number of hydrogen-bond donors (Lipinski definition) is 1. The zero-order valence-electron chi connectivity index (χ0n) is 7.79. The summed E-state index contributed by atoms with van der Waals surface area (Å²) in [5, 5.41) is 2.74. The number of carbonyl (C=O) groups excluding carboxylic acids is 1. The van der Waals surface area contributed by atoms with Crippen LogP contribution in [-0.2, 0) is 4.79 Å². The monoisotopic (exact) mass is 193 g/mol. The second-order valence-corrected chi connectivity index (χ2v) is 3.56. The number of benzene rings is 1. The van der Waals surface area contributed by atoms with E-state index in [1.54, 1.807) is 12.1 Å². The van der Waals surface area contributed by atoms with Crippen LogP contribution in [0.5, 0.6) is 0 Å². The highest BCUT2D eigenvalue weighted by Crippen LogP contribution is 2.27. The largest absolute Gasteiger partial charge is 0.356 e. The van der Waals surface area contributed by atoms with Crippen LogP contribution in [0.3, 0.4) is 0 Å². The molecule has 1 atom stereocenters. The highest BCUT2D eigenvalue weighted by Gasteiger charge is 2.22. The second kappa shape index (κ2) is 3.78. The van der Waals surface area contributed by atoms with Crippen LogP contribution in [0.1, 0.15) is 24.3 Å². The van der Waals surface area contributed by atoms with E-state index >= 15 is 0 Å². The van der Waals surface area contributed by atoms with E-state index < -0.39 is 0 Å². The molecular formula is C11H12FNO. The molecule has 1 aromatic rings. The van der Waals surface area contributed by atoms with Crippen molar-refractivity contribution >= 4 is 5.91 Å². The Bertz CT molecular complexity index is 351. The maximum absolute atomic E-state index is 13.4. The quantitative estimate of drug-likeness (QED) is 0.724. The van der Waals surface area contributed by atoms with Gasteiger partial charge in [-0.05, 0) is 24.0 Å². The number of carbonyl (C=O) groups is 1. The summed E-state index contributed by atoms with van der Waals surface area (Å²) < 4.78 is 13.4. The van der Waals surface area contributed by atoms with Crippen molar-refractivity contribution in [2.45, 2.75) is 18.8 Å². The minimum Gasteiger partial charge on any atom is -0.356 e. The fourth-order valence-corrected chi connectivity index (χ4v) is 1.86. The van der Waals surface area contributed by atoms with E-state index in [4.69, 9.17) is 0 Å². The lowest BCUT2D eigenvalue weighted by atomic mass is 9.89. The lowest BCUT2D eigenvalue weighted by Gasteiger charge is -2.22. The average Bonchev–Trinajstić information content (AvgIpc) is 2.18. The van der Waals surface area contributed by atoms with Gasteiger partial charge in [-0.3, -0.25) is 4.79 Å². The normalized spacial score (nSPS) is 21.8. The van der Waals surface area contributed by atoms with E-state index in [-0.39, 0.29) is 17.6 Å². The summed E-state index contributed by atoms with van der Waals surface area (Å²) >= 11 is 0. The highest BCUT2D eigenvalue weighted by molar-refractivity contribution is 5.77. The fraction of sp³-hybridized carbons (Fsp3) is 0.364. The van der Waals surface area contributed by atoms with E-state index in [0.717, 1.165) is 6.42 Å². The third-order valence-corrected chi connectivity index (χ3v) is 2.59. The van der Waals surface area contributed by atoms with Gasteiger partial charge in [-0.1, -0.05) is 18.2 Å². The van der Waals surface area contributed by atoms with Crippen molar-refractivity contribution in [1.29, 1.82) is 0 Å². The molecule has 2 nitrogen and oxygen atoms in total. The molecule has 0 aliphatic carbocycles. The van der Waals surface area contributed by atoms with Crippen molar-refractivity contribution in [1.82, 2.24) is 5.32 Å². The number of halogens is 1. The number of piperidine rings is 1. The first-order valence-electron chi connectivity index (χ1n) is 4.78. The molecule has 0 radical (unpaired) electrons. The van der Waals surface area contributed by atoms with Crippen LogP contribution in [0.25, 0.3) is 0 Å². The van der Waals surface area contributed by atoms with Crippen LogP contribution in [0.15, 0.2) is 24.3 Å². The van der Waals surface area contributed by atoms with Gasteiger partial charge in [0.25, 0.3) is 0 Å². The van der Waals surface area contributed by atoms with E-state index in [1.807, 2.05) is 6.07 Å². The van der Waals surface area contributed by atoms with Crippen molar-refractivity contribution in [3.8, 4) is 0 Å². The topological polar surface area (TPSA) is 29.1 Å². The van der Waals surface area contributed by atoms with Crippen LogP contribution >= 0.6 is 0 Å². The van der Waals surface area contributed by atoms with E-state index in [0.29, 0.717) is 18.5 Å². The Morgan fingerprint density at radius 1 is 1.36 bits per heavy atom. The molecule has 0 aromatic heterocycles. The van der Waals surface area contributed by atoms with E-state index in [1.165, 1.54) is 6.07 Å². The Balaban J connectivity index is 2.22. The Morgan fingerprint density at radius 2 is 2.14 bits per heavy atom. The maximum atomic E-state index is 13.4. The van der Waals surface area contributed by atoms with Gasteiger partial charge in [0.1, 0.15) is 5.82 Å². The SMILES string of the molecule is O=C1CC(c2ccccc2F)CCN1. The molecule has 1 heterocycles. The predicted octanol–water partition coefficient (Wildman–Crippen LogP) is 1.82. The summed E-state index contributed by atoms with van der Waals surface area (Å²) in [6, 6.07) is 6.69. The summed E-state index contributed by atoms with van der Waals surface area (Å²) in [5.74, 6) is -0.137. The van der Waals surface area contributed by atoms with Gasteiger partial charge in [-0.15, -0.1) is 0 Å². The zero-order chi connectivity index (χ0) is 9.97. The molecule has 1 N–H and O–H groups in total. The van der Waals surface area contributed by atoms with Gasteiger partial charge in [-0.25, -0.2) is 4.39 Å². The van der Waals surface area contributed by atoms with Crippen molar-refractivity contribution < 1.29 is 9.18 Å². The molecule has 1 amide bonds. The molecule has 1 aliphatic heterocycles. The Labute approximate surface area is 82.1 Å². The minimum absolute atomic E-state index is 0.0181. The third kappa shape index (κ3) is 1.76. The summed E-state index contributed by atoms with van der Waals surface area (Å²) in [6.07, 6.45) is 1.23. The van der Waals surface area contributed by atoms with Crippen molar-refractivity contribution in [3.63, 3.8) is 0 Å². The number of rotatable bonds is 1. The molecule has 0 bridgehead atoms. The molecule has 74 valence electrons. The second-order valence-electron chi connectivity index (χ2n) is 3.56. The van der Waals surface area contributed by atoms with Crippen LogP contribution in [0.4, 0.5) is 4.39 Å². The Morgan fingerprint density at radius 3 is 2.86 bits per heavy atom. The summed E-state index contributed by atoms with van der Waals surface area (Å²) in [6.45, 7) is 0.651. The number of amides is 1. The summed E-state index contributed by atoms with van der Waals surface area (Å²) in [5.41, 5.74) is 0.669. The maximum Gasteiger partial charge on any atom is 0.220 e. The Hall–Kier alpha value is -1.38. The molecule has 1 saturated heterocycles. The molecule has 1 fully saturated rings. The van der Waals surface area contributed by atoms with Gasteiger partial charge in [0.15, 0.2) is 0 Å². The van der Waals surface area contributed by atoms with Crippen LogP contribution in [0, 0.1) is 5.82 Å². The van der Waals surface area contributed by atoms with Crippen LogP contribution in [-0.4, -0.2) is 12.5 Å². The standard InChI is InChI=1S/C11H12FNO/c12-10-4-2-1-3-9(10)8-5-6-13-11(14)7-8/h1-4,8H,5-7H2,(H,13,14). The molecule has 3 heteroatoms. The molecule has 14 heavy (non-hydrogen) atoms. The van der Waals surface area contributed by atoms with Crippen molar-refractivity contribution in [3.05, 3.63) is 35.6 Å². The number of hydrogen-bond acceptors (Lipinski definition) is 1. The molecule has 0 spiro atoms. The van der Waals surface area contributed by atoms with E-state index in [9.17, 15) is 9.18 Å². The van der Waals surface area contributed by atoms with Gasteiger partial charge in [0.2, 0.25) is 5.91 Å². The highest BCUT2D eigenvalue weighted by atomic mass is 19.1. The fourth-order valence-electron chi connectivity index (χ4n) is 1.86. The zero-order valence-corrected chi connectivity index (χ0v) is 7.79. The molecule has 1 aromatic carbocycles. The predicted molar refractivity (Wildman–Crippen MR) is 51.4 cm³/mol. The van der Waals surface area contributed by atoms with E-state index in [2.05, 4.69) is 5.32 Å². The van der Waals surface area contributed by atoms with Gasteiger partial charge in [-0.2, -0.15) is 0 Å². The summed E-state index contributed by atoms with van der Waals surface area (Å²) in [4.78, 5) is 11.1. The lowest BCUT2D eigenvalue weighted by Crippen LogP contribution is -2.32. The first kappa shape index (κ1) is 9.19. The smallest absolute Gasteiger partial charge is 0.220 e. The first-order chi connectivity index (χ1) is 6.77. The summed E-state index contributed by atoms with van der Waals surface area (Å²) in [7, 11) is 0. The Kier molecular flexibility index (Phi) is 2.48. The molecule has 2 rings (SSSR count). The molecular weight excluding hydrogens is 181 g/mol. The molecule has 1 aliphatic rings. The lowest BCUT2D eigenvalue weighted by molar-refractivity contribution is -0.122. The van der Waals surface area contributed by atoms with Crippen molar-refractivity contribution in [2.75, 3.05) is 6.54 Å². The van der Waals surface area contributed by atoms with Crippen molar-refractivity contribution in [2.24, 2.45) is 0 Å². The average molecular weight is 193 g/mol. The van der Waals surface area contributed by atoms with Crippen LogP contribution < -0.4 is 5.32 Å². The molecule has 0 saturated carbocycles. The van der Waals surface area contributed by atoms with Gasteiger partial charge < -0.3 is 5.32 Å². The van der Waals surface area contributed by atoms with Crippen LogP contribution in [0.2, 0.25) is 0 Å². The van der Waals surface area contributed by atoms with Gasteiger partial charge in [0.05, 0.1) is 0 Å². The van der Waals surface area contributed by atoms with Gasteiger partial charge in [0, 0.05) is 13.0 Å². The third-order valence-electron chi connectivity index (χ3n) is 2.59. The first-order valence-corrected chi connectivity index (χ1v) is 4.78. The van der Waals surface area contributed by atoms with Gasteiger partial charge >= 0.3 is 0 Å². The minimum atomic E-state index is -0.202. The number of nitrogens with one attached hydrogen (secondary N) is 1.